The highest BCUT2D eigenvalue weighted by atomic mass is 19.1. The smallest absolute Gasteiger partial charge is 0.257 e. The SMILES string of the molecule is CO[C@]1(COc2ccc(F)cc2)CCCN(C(=O)c2cnn(C)c2)C1. The molecule has 2 heterocycles. The number of aromatic nitrogens is 2. The number of aryl methyl sites for hydroxylation is 1. The van der Waals surface area contributed by atoms with Gasteiger partial charge in [-0.2, -0.15) is 5.10 Å². The van der Waals surface area contributed by atoms with Gasteiger partial charge in [0.25, 0.3) is 5.91 Å². The number of hydrogen-bond acceptors (Lipinski definition) is 4. The van der Waals surface area contributed by atoms with Crippen molar-refractivity contribution in [3.8, 4) is 5.75 Å². The second kappa shape index (κ2) is 7.23. The average Bonchev–Trinajstić information content (AvgIpc) is 3.07. The van der Waals surface area contributed by atoms with Crippen molar-refractivity contribution in [1.29, 1.82) is 0 Å². The molecular weight excluding hydrogens is 325 g/mol. The van der Waals surface area contributed by atoms with Gasteiger partial charge in [0.2, 0.25) is 0 Å². The van der Waals surface area contributed by atoms with Crippen LogP contribution >= 0.6 is 0 Å². The normalized spacial score (nSPS) is 20.5. The molecule has 2 aromatic rings. The van der Waals surface area contributed by atoms with Crippen molar-refractivity contribution >= 4 is 5.91 Å². The molecule has 1 atom stereocenters. The Labute approximate surface area is 146 Å². The Morgan fingerprint density at radius 1 is 1.36 bits per heavy atom. The number of carbonyl (C=O) groups excluding carboxylic acids is 1. The number of carbonyl (C=O) groups is 1. The van der Waals surface area contributed by atoms with Gasteiger partial charge in [0.1, 0.15) is 23.8 Å². The van der Waals surface area contributed by atoms with E-state index >= 15 is 0 Å². The van der Waals surface area contributed by atoms with Crippen molar-refractivity contribution in [2.24, 2.45) is 7.05 Å². The van der Waals surface area contributed by atoms with Crippen LogP contribution in [0.1, 0.15) is 23.2 Å². The first-order valence-corrected chi connectivity index (χ1v) is 8.23. The van der Waals surface area contributed by atoms with E-state index in [2.05, 4.69) is 5.10 Å². The fourth-order valence-electron chi connectivity index (χ4n) is 3.07. The molecule has 7 heteroatoms. The molecule has 0 bridgehead atoms. The molecule has 6 nitrogen and oxygen atoms in total. The molecule has 25 heavy (non-hydrogen) atoms. The second-order valence-electron chi connectivity index (χ2n) is 6.36. The third kappa shape index (κ3) is 3.99. The van der Waals surface area contributed by atoms with E-state index in [0.717, 1.165) is 12.8 Å². The maximum Gasteiger partial charge on any atom is 0.257 e. The molecule has 1 aliphatic rings. The summed E-state index contributed by atoms with van der Waals surface area (Å²) in [6, 6.07) is 5.88. The fraction of sp³-hybridized carbons (Fsp3) is 0.444. The number of hydrogen-bond donors (Lipinski definition) is 0. The highest BCUT2D eigenvalue weighted by Gasteiger charge is 2.38. The first kappa shape index (κ1) is 17.4. The molecule has 0 aliphatic carbocycles. The van der Waals surface area contributed by atoms with Crippen LogP contribution in [0, 0.1) is 5.82 Å². The lowest BCUT2D eigenvalue weighted by Gasteiger charge is -2.41. The summed E-state index contributed by atoms with van der Waals surface area (Å²) in [4.78, 5) is 14.4. The predicted molar refractivity (Wildman–Crippen MR) is 90.0 cm³/mol. The summed E-state index contributed by atoms with van der Waals surface area (Å²) < 4.78 is 26.1. The van der Waals surface area contributed by atoms with Gasteiger partial charge < -0.3 is 14.4 Å². The lowest BCUT2D eigenvalue weighted by atomic mass is 9.93. The van der Waals surface area contributed by atoms with Crippen LogP contribution in [0.2, 0.25) is 0 Å². The number of methoxy groups -OCH3 is 1. The quantitative estimate of drug-likeness (QED) is 0.833. The molecule has 1 aromatic heterocycles. The maximum atomic E-state index is 13.0. The van der Waals surface area contributed by atoms with Gasteiger partial charge in [0.15, 0.2) is 0 Å². The van der Waals surface area contributed by atoms with Crippen LogP contribution in [-0.2, 0) is 11.8 Å². The first-order chi connectivity index (χ1) is 12.0. The monoisotopic (exact) mass is 347 g/mol. The molecule has 1 aromatic carbocycles. The van der Waals surface area contributed by atoms with E-state index in [1.165, 1.54) is 12.1 Å². The van der Waals surface area contributed by atoms with E-state index < -0.39 is 5.60 Å². The molecule has 1 aliphatic heterocycles. The van der Waals surface area contributed by atoms with Crippen molar-refractivity contribution < 1.29 is 18.7 Å². The van der Waals surface area contributed by atoms with Crippen molar-refractivity contribution in [1.82, 2.24) is 14.7 Å². The number of ether oxygens (including phenoxy) is 2. The Kier molecular flexibility index (Phi) is 5.03. The van der Waals surface area contributed by atoms with Crippen LogP contribution in [-0.4, -0.2) is 53.0 Å². The lowest BCUT2D eigenvalue weighted by molar-refractivity contribution is -0.0825. The van der Waals surface area contributed by atoms with Crippen LogP contribution in [0.15, 0.2) is 36.7 Å². The highest BCUT2D eigenvalue weighted by Crippen LogP contribution is 2.27. The summed E-state index contributed by atoms with van der Waals surface area (Å²) in [6.45, 7) is 1.42. The molecule has 0 saturated carbocycles. The third-order valence-electron chi connectivity index (χ3n) is 4.53. The van der Waals surface area contributed by atoms with E-state index in [9.17, 15) is 9.18 Å². The number of halogens is 1. The summed E-state index contributed by atoms with van der Waals surface area (Å²) in [5.74, 6) is 0.212. The van der Waals surface area contributed by atoms with Crippen molar-refractivity contribution in [2.45, 2.75) is 18.4 Å². The van der Waals surface area contributed by atoms with Crippen LogP contribution in [0.4, 0.5) is 4.39 Å². The largest absolute Gasteiger partial charge is 0.491 e. The molecule has 0 spiro atoms. The Bertz CT molecular complexity index is 731. The van der Waals surface area contributed by atoms with Gasteiger partial charge >= 0.3 is 0 Å². The average molecular weight is 347 g/mol. The Hall–Kier alpha value is -2.41. The van der Waals surface area contributed by atoms with Crippen LogP contribution in [0.5, 0.6) is 5.75 Å². The number of likely N-dealkylation sites (tertiary alicyclic amines) is 1. The van der Waals surface area contributed by atoms with E-state index in [-0.39, 0.29) is 11.7 Å². The molecule has 0 radical (unpaired) electrons. The molecule has 134 valence electrons. The summed E-state index contributed by atoms with van der Waals surface area (Å²) in [5.41, 5.74) is -0.0151. The van der Waals surface area contributed by atoms with Crippen molar-refractivity contribution in [2.75, 3.05) is 26.8 Å². The summed E-state index contributed by atoms with van der Waals surface area (Å²) in [6.07, 6.45) is 4.90. The zero-order valence-corrected chi connectivity index (χ0v) is 14.4. The van der Waals surface area contributed by atoms with Gasteiger partial charge in [-0.3, -0.25) is 9.48 Å². The zero-order valence-electron chi connectivity index (χ0n) is 14.4. The number of piperidine rings is 1. The second-order valence-corrected chi connectivity index (χ2v) is 6.36. The van der Waals surface area contributed by atoms with E-state index in [4.69, 9.17) is 9.47 Å². The third-order valence-corrected chi connectivity index (χ3v) is 4.53. The minimum Gasteiger partial charge on any atom is -0.491 e. The van der Waals surface area contributed by atoms with E-state index in [1.54, 1.807) is 48.3 Å². The molecule has 1 saturated heterocycles. The fourth-order valence-corrected chi connectivity index (χ4v) is 3.07. The molecule has 1 fully saturated rings. The van der Waals surface area contributed by atoms with Gasteiger partial charge in [-0.25, -0.2) is 4.39 Å². The minimum atomic E-state index is -0.579. The Morgan fingerprint density at radius 3 is 2.76 bits per heavy atom. The van der Waals surface area contributed by atoms with Gasteiger partial charge in [0, 0.05) is 26.9 Å². The Balaban J connectivity index is 1.67. The van der Waals surface area contributed by atoms with Crippen molar-refractivity contribution in [3.63, 3.8) is 0 Å². The van der Waals surface area contributed by atoms with Crippen LogP contribution in [0.25, 0.3) is 0 Å². The number of amides is 1. The van der Waals surface area contributed by atoms with E-state index in [1.807, 2.05) is 0 Å². The topological polar surface area (TPSA) is 56.6 Å². The molecular formula is C18H22FN3O3. The maximum absolute atomic E-state index is 13.0. The van der Waals surface area contributed by atoms with Crippen LogP contribution < -0.4 is 4.74 Å². The highest BCUT2D eigenvalue weighted by molar-refractivity contribution is 5.93. The standard InChI is InChI=1S/C18H22FN3O3/c1-21-11-14(10-20-21)17(23)22-9-3-8-18(12-22,24-2)13-25-16-6-4-15(19)5-7-16/h4-7,10-11H,3,8-9,12-13H2,1-2H3/t18-/m1/s1. The summed E-state index contributed by atoms with van der Waals surface area (Å²) in [5, 5.41) is 4.05. The predicted octanol–water partition coefficient (Wildman–Crippen LogP) is 2.26. The van der Waals surface area contributed by atoms with Gasteiger partial charge in [0.05, 0.1) is 18.3 Å². The van der Waals surface area contributed by atoms with Gasteiger partial charge in [-0.15, -0.1) is 0 Å². The zero-order chi connectivity index (χ0) is 17.9. The first-order valence-electron chi connectivity index (χ1n) is 8.23. The molecule has 1 amide bonds. The van der Waals surface area contributed by atoms with Gasteiger partial charge in [-0.1, -0.05) is 0 Å². The summed E-state index contributed by atoms with van der Waals surface area (Å²) in [7, 11) is 3.41. The Morgan fingerprint density at radius 2 is 2.12 bits per heavy atom. The number of nitrogens with zero attached hydrogens (tertiary/aromatic N) is 3. The minimum absolute atomic E-state index is 0.0593. The molecule has 0 unspecified atom stereocenters. The van der Waals surface area contributed by atoms with Crippen LogP contribution in [0.3, 0.4) is 0 Å². The summed E-state index contributed by atoms with van der Waals surface area (Å²) >= 11 is 0. The van der Waals surface area contributed by atoms with Crippen molar-refractivity contribution in [3.05, 3.63) is 48.0 Å². The molecule has 0 N–H and O–H groups in total. The van der Waals surface area contributed by atoms with Gasteiger partial charge in [-0.05, 0) is 37.1 Å². The lowest BCUT2D eigenvalue weighted by Crippen LogP contribution is -2.54. The number of benzene rings is 1. The molecule has 3 rings (SSSR count). The number of rotatable bonds is 5. The van der Waals surface area contributed by atoms with E-state index in [0.29, 0.717) is 31.0 Å².